The highest BCUT2D eigenvalue weighted by Crippen LogP contribution is 2.11. The Morgan fingerprint density at radius 1 is 1.35 bits per heavy atom. The molecule has 2 aromatic heterocycles. The average Bonchev–Trinajstić information content (AvgIpc) is 2.68. The van der Waals surface area contributed by atoms with Crippen LogP contribution in [-0.4, -0.2) is 27.8 Å². The molecule has 0 aromatic carbocycles. The molecule has 6 heteroatoms. The Hall–Kier alpha value is -2.37. The van der Waals surface area contributed by atoms with Crippen molar-refractivity contribution in [3.63, 3.8) is 0 Å². The van der Waals surface area contributed by atoms with Crippen LogP contribution in [0.5, 0.6) is 5.75 Å². The maximum Gasteiger partial charge on any atom is 0.323 e. The van der Waals surface area contributed by atoms with Crippen molar-refractivity contribution < 1.29 is 9.53 Å². The lowest BCUT2D eigenvalue weighted by molar-refractivity contribution is 0.102. The fourth-order valence-electron chi connectivity index (χ4n) is 1.46. The molecule has 0 aliphatic heterocycles. The SMILES string of the molecule is COc1ccc(C(=O)c2[nH]c(=O)[nH]c2C)nc1. The van der Waals surface area contributed by atoms with Crippen LogP contribution < -0.4 is 10.4 Å². The first-order valence-electron chi connectivity index (χ1n) is 4.95. The van der Waals surface area contributed by atoms with E-state index in [1.807, 2.05) is 0 Å². The van der Waals surface area contributed by atoms with Crippen molar-refractivity contribution in [1.82, 2.24) is 15.0 Å². The molecule has 2 N–H and O–H groups in total. The lowest BCUT2D eigenvalue weighted by Gasteiger charge is -2.01. The van der Waals surface area contributed by atoms with Crippen molar-refractivity contribution in [2.75, 3.05) is 7.11 Å². The van der Waals surface area contributed by atoms with Crippen molar-refractivity contribution in [1.29, 1.82) is 0 Å². The summed E-state index contributed by atoms with van der Waals surface area (Å²) in [5.41, 5.74) is 0.578. The molecular weight excluding hydrogens is 222 g/mol. The smallest absolute Gasteiger partial charge is 0.323 e. The van der Waals surface area contributed by atoms with Gasteiger partial charge in [-0.05, 0) is 19.1 Å². The normalized spacial score (nSPS) is 10.2. The van der Waals surface area contributed by atoms with Crippen LogP contribution in [0.15, 0.2) is 23.1 Å². The number of ketones is 1. The van der Waals surface area contributed by atoms with Crippen molar-refractivity contribution >= 4 is 5.78 Å². The summed E-state index contributed by atoms with van der Waals surface area (Å²) in [6.07, 6.45) is 1.45. The van der Waals surface area contributed by atoms with E-state index in [0.717, 1.165) is 0 Å². The van der Waals surface area contributed by atoms with Crippen LogP contribution in [0.2, 0.25) is 0 Å². The number of rotatable bonds is 3. The highest BCUT2D eigenvalue weighted by atomic mass is 16.5. The van der Waals surface area contributed by atoms with Crippen LogP contribution in [0, 0.1) is 6.92 Å². The third-order valence-electron chi connectivity index (χ3n) is 2.35. The number of aromatic nitrogens is 3. The maximum atomic E-state index is 12.0. The van der Waals surface area contributed by atoms with E-state index >= 15 is 0 Å². The Morgan fingerprint density at radius 3 is 2.59 bits per heavy atom. The summed E-state index contributed by atoms with van der Waals surface area (Å²) in [6.45, 7) is 1.65. The minimum absolute atomic E-state index is 0.229. The average molecular weight is 233 g/mol. The van der Waals surface area contributed by atoms with E-state index in [0.29, 0.717) is 11.4 Å². The molecule has 0 bridgehead atoms. The first kappa shape index (κ1) is 11.1. The molecule has 2 rings (SSSR count). The Balaban J connectivity index is 2.36. The lowest BCUT2D eigenvalue weighted by atomic mass is 10.1. The number of carbonyl (C=O) groups excluding carboxylic acids is 1. The third-order valence-corrected chi connectivity index (χ3v) is 2.35. The number of ether oxygens (including phenoxy) is 1. The largest absolute Gasteiger partial charge is 0.495 e. The van der Waals surface area contributed by atoms with Crippen molar-refractivity contribution in [2.24, 2.45) is 0 Å². The molecule has 6 nitrogen and oxygen atoms in total. The molecule has 88 valence electrons. The number of hydrogen-bond acceptors (Lipinski definition) is 4. The third kappa shape index (κ3) is 2.10. The summed E-state index contributed by atoms with van der Waals surface area (Å²) < 4.78 is 4.94. The molecule has 0 aliphatic carbocycles. The number of hydrogen-bond donors (Lipinski definition) is 2. The van der Waals surface area contributed by atoms with Crippen LogP contribution in [0.4, 0.5) is 0 Å². The molecule has 2 aromatic rings. The van der Waals surface area contributed by atoms with E-state index in [1.165, 1.54) is 13.3 Å². The summed E-state index contributed by atoms with van der Waals surface area (Å²) in [6, 6.07) is 3.19. The molecule has 0 spiro atoms. The lowest BCUT2D eigenvalue weighted by Crippen LogP contribution is -2.08. The van der Waals surface area contributed by atoms with Gasteiger partial charge in [0, 0.05) is 5.69 Å². The van der Waals surface area contributed by atoms with Gasteiger partial charge in [-0.1, -0.05) is 0 Å². The van der Waals surface area contributed by atoms with Crippen molar-refractivity contribution in [2.45, 2.75) is 6.92 Å². The van der Waals surface area contributed by atoms with Gasteiger partial charge in [0.25, 0.3) is 0 Å². The quantitative estimate of drug-likeness (QED) is 0.762. The highest BCUT2D eigenvalue weighted by Gasteiger charge is 2.15. The monoisotopic (exact) mass is 233 g/mol. The molecule has 2 heterocycles. The minimum Gasteiger partial charge on any atom is -0.495 e. The Morgan fingerprint density at radius 2 is 2.12 bits per heavy atom. The van der Waals surface area contributed by atoms with Gasteiger partial charge in [-0.25, -0.2) is 9.78 Å². The van der Waals surface area contributed by atoms with Gasteiger partial charge in [0.2, 0.25) is 5.78 Å². The van der Waals surface area contributed by atoms with Crippen molar-refractivity contribution in [3.05, 3.63) is 45.9 Å². The number of carbonyl (C=O) groups is 1. The molecule has 0 unspecified atom stereocenters. The molecule has 0 saturated carbocycles. The van der Waals surface area contributed by atoms with Gasteiger partial charge in [-0.3, -0.25) is 4.79 Å². The second kappa shape index (κ2) is 4.25. The fourth-order valence-corrected chi connectivity index (χ4v) is 1.46. The molecule has 0 atom stereocenters. The number of nitrogens with one attached hydrogen (secondary N) is 2. The number of aryl methyl sites for hydroxylation is 1. The second-order valence-corrected chi connectivity index (χ2v) is 3.49. The van der Waals surface area contributed by atoms with E-state index in [1.54, 1.807) is 19.1 Å². The molecule has 0 fully saturated rings. The first-order chi connectivity index (χ1) is 8.11. The van der Waals surface area contributed by atoms with Gasteiger partial charge in [-0.15, -0.1) is 0 Å². The molecule has 0 aliphatic rings. The predicted octanol–water partition coefficient (Wildman–Crippen LogP) is 0.646. The Labute approximate surface area is 96.7 Å². The predicted molar refractivity (Wildman–Crippen MR) is 60.4 cm³/mol. The van der Waals surface area contributed by atoms with Gasteiger partial charge in [-0.2, -0.15) is 0 Å². The van der Waals surface area contributed by atoms with Gasteiger partial charge in [0.15, 0.2) is 0 Å². The van der Waals surface area contributed by atoms with Gasteiger partial charge in [0.1, 0.15) is 17.1 Å². The van der Waals surface area contributed by atoms with Crippen LogP contribution in [0.3, 0.4) is 0 Å². The van der Waals surface area contributed by atoms with Crippen LogP contribution in [0.1, 0.15) is 21.9 Å². The topological polar surface area (TPSA) is 87.8 Å². The number of methoxy groups -OCH3 is 1. The molecule has 0 saturated heterocycles. The fraction of sp³-hybridized carbons (Fsp3) is 0.182. The molecule has 0 amide bonds. The number of pyridine rings is 1. The molecule has 0 radical (unpaired) electrons. The van der Waals surface area contributed by atoms with Gasteiger partial charge in [0.05, 0.1) is 13.3 Å². The van der Waals surface area contributed by atoms with Gasteiger partial charge < -0.3 is 14.7 Å². The molecular formula is C11H11N3O3. The highest BCUT2D eigenvalue weighted by molar-refractivity contribution is 6.07. The zero-order chi connectivity index (χ0) is 12.4. The van der Waals surface area contributed by atoms with E-state index < -0.39 is 5.69 Å². The Kier molecular flexibility index (Phi) is 2.78. The number of aromatic amines is 2. The number of H-pyrrole nitrogens is 2. The second-order valence-electron chi connectivity index (χ2n) is 3.49. The molecule has 17 heavy (non-hydrogen) atoms. The van der Waals surface area contributed by atoms with E-state index in [4.69, 9.17) is 4.74 Å². The van der Waals surface area contributed by atoms with E-state index in [2.05, 4.69) is 15.0 Å². The van der Waals surface area contributed by atoms with Crippen LogP contribution in [0.25, 0.3) is 0 Å². The summed E-state index contributed by atoms with van der Waals surface area (Å²) in [7, 11) is 1.52. The van der Waals surface area contributed by atoms with Crippen LogP contribution >= 0.6 is 0 Å². The zero-order valence-corrected chi connectivity index (χ0v) is 9.40. The number of nitrogens with zero attached hydrogens (tertiary/aromatic N) is 1. The minimum atomic E-state index is -0.403. The Bertz CT molecular complexity index is 595. The maximum absolute atomic E-state index is 12.0. The van der Waals surface area contributed by atoms with E-state index in [9.17, 15) is 9.59 Å². The standard InChI is InChI=1S/C11H11N3O3/c1-6-9(14-11(16)13-6)10(15)8-4-3-7(17-2)5-12-8/h3-5H,1-2H3,(H2,13,14,16). The summed E-state index contributed by atoms with van der Waals surface area (Å²) in [4.78, 5) is 31.9. The first-order valence-corrected chi connectivity index (χ1v) is 4.95. The summed E-state index contributed by atoms with van der Waals surface area (Å²) >= 11 is 0. The van der Waals surface area contributed by atoms with Crippen LogP contribution in [-0.2, 0) is 0 Å². The van der Waals surface area contributed by atoms with Gasteiger partial charge >= 0.3 is 5.69 Å². The number of imidazole rings is 1. The summed E-state index contributed by atoms with van der Waals surface area (Å²) in [5.74, 6) is 0.240. The zero-order valence-electron chi connectivity index (χ0n) is 9.40. The van der Waals surface area contributed by atoms with E-state index in [-0.39, 0.29) is 17.2 Å². The summed E-state index contributed by atoms with van der Waals surface area (Å²) in [5, 5.41) is 0. The van der Waals surface area contributed by atoms with Crippen molar-refractivity contribution in [3.8, 4) is 5.75 Å².